The van der Waals surface area contributed by atoms with Crippen molar-refractivity contribution in [2.45, 2.75) is 19.4 Å². The van der Waals surface area contributed by atoms with Gasteiger partial charge in [0.05, 0.1) is 0 Å². The number of amides is 2. The lowest BCUT2D eigenvalue weighted by Crippen LogP contribution is -2.59. The van der Waals surface area contributed by atoms with E-state index in [1.54, 1.807) is 18.7 Å². The van der Waals surface area contributed by atoms with E-state index in [0.717, 1.165) is 13.1 Å². The van der Waals surface area contributed by atoms with Crippen molar-refractivity contribution in [3.8, 4) is 0 Å². The summed E-state index contributed by atoms with van der Waals surface area (Å²) >= 11 is 0. The Hall–Kier alpha value is -1.30. The molecule has 0 aromatic rings. The molecular weight excluding hydrogens is 198 g/mol. The third kappa shape index (κ3) is 3.09. The highest BCUT2D eigenvalue weighted by Crippen LogP contribution is 2.08. The van der Waals surface area contributed by atoms with Crippen LogP contribution in [0.5, 0.6) is 0 Å². The van der Waals surface area contributed by atoms with Crippen LogP contribution in [0, 0.1) is 0 Å². The van der Waals surface area contributed by atoms with E-state index in [2.05, 4.69) is 10.6 Å². The van der Waals surface area contributed by atoms with Crippen molar-refractivity contribution in [2.24, 2.45) is 0 Å². The van der Waals surface area contributed by atoms with Crippen LogP contribution < -0.4 is 10.6 Å². The predicted octanol–water partition coefficient (Wildman–Crippen LogP) is -0.536. The molecule has 0 radical (unpaired) electrons. The molecule has 86 valence electrons. The average Bonchev–Trinajstić information content (AvgIpc) is 2.16. The van der Waals surface area contributed by atoms with E-state index in [9.17, 15) is 9.59 Å². The van der Waals surface area contributed by atoms with Crippen LogP contribution in [0.15, 0.2) is 0 Å². The fraction of sp³-hybridized carbons (Fsp3) is 0.778. The van der Waals surface area contributed by atoms with Crippen LogP contribution in [-0.2, 0) is 4.79 Å². The number of carbonyl (C=O) groups is 2. The van der Waals surface area contributed by atoms with Gasteiger partial charge in [-0.05, 0) is 13.8 Å². The zero-order valence-electron chi connectivity index (χ0n) is 9.04. The number of hydrogen-bond acceptors (Lipinski definition) is 3. The molecule has 0 unspecified atom stereocenters. The largest absolute Gasteiger partial charge is 0.465 e. The van der Waals surface area contributed by atoms with Crippen LogP contribution in [-0.4, -0.2) is 53.7 Å². The molecule has 1 rings (SSSR count). The van der Waals surface area contributed by atoms with Crippen molar-refractivity contribution in [3.05, 3.63) is 0 Å². The number of rotatable bonds is 2. The quantitative estimate of drug-likeness (QED) is 0.578. The summed E-state index contributed by atoms with van der Waals surface area (Å²) in [5, 5.41) is 14.0. The molecule has 3 N–H and O–H groups in total. The minimum Gasteiger partial charge on any atom is -0.465 e. The van der Waals surface area contributed by atoms with Gasteiger partial charge in [-0.25, -0.2) is 4.79 Å². The molecule has 0 aliphatic carbocycles. The SMILES string of the molecule is CC(C)(NC(=O)O)C(=O)N1CCNCC1. The van der Waals surface area contributed by atoms with Gasteiger partial charge in [0.25, 0.3) is 0 Å². The van der Waals surface area contributed by atoms with Gasteiger partial charge in [-0.3, -0.25) is 4.79 Å². The molecule has 6 nitrogen and oxygen atoms in total. The Morgan fingerprint density at radius 1 is 1.33 bits per heavy atom. The number of nitrogens with zero attached hydrogens (tertiary/aromatic N) is 1. The number of hydrogen-bond donors (Lipinski definition) is 3. The molecule has 1 saturated heterocycles. The Morgan fingerprint density at radius 2 is 1.87 bits per heavy atom. The lowest BCUT2D eigenvalue weighted by atomic mass is 10.0. The van der Waals surface area contributed by atoms with Gasteiger partial charge in [-0.15, -0.1) is 0 Å². The van der Waals surface area contributed by atoms with Crippen molar-refractivity contribution in [1.82, 2.24) is 15.5 Å². The van der Waals surface area contributed by atoms with Gasteiger partial charge in [-0.1, -0.05) is 0 Å². The van der Waals surface area contributed by atoms with Crippen molar-refractivity contribution in [1.29, 1.82) is 0 Å². The van der Waals surface area contributed by atoms with Gasteiger partial charge in [-0.2, -0.15) is 0 Å². The maximum atomic E-state index is 11.9. The standard InChI is InChI=1S/C9H17N3O3/c1-9(2,11-8(14)15)7(13)12-5-3-10-4-6-12/h10-11H,3-6H2,1-2H3,(H,14,15). The summed E-state index contributed by atoms with van der Waals surface area (Å²) in [4.78, 5) is 24.1. The first-order valence-corrected chi connectivity index (χ1v) is 4.95. The van der Waals surface area contributed by atoms with Gasteiger partial charge in [0.1, 0.15) is 5.54 Å². The van der Waals surface area contributed by atoms with Gasteiger partial charge in [0, 0.05) is 26.2 Å². The summed E-state index contributed by atoms with van der Waals surface area (Å²) in [5.41, 5.74) is -1.05. The first-order valence-electron chi connectivity index (χ1n) is 4.95. The lowest BCUT2D eigenvalue weighted by Gasteiger charge is -2.34. The van der Waals surface area contributed by atoms with E-state index in [-0.39, 0.29) is 5.91 Å². The molecule has 0 spiro atoms. The minimum absolute atomic E-state index is 0.175. The number of piperazine rings is 1. The molecule has 15 heavy (non-hydrogen) atoms. The molecule has 1 aliphatic heterocycles. The van der Waals surface area contributed by atoms with Crippen LogP contribution in [0.1, 0.15) is 13.8 Å². The van der Waals surface area contributed by atoms with E-state index in [1.807, 2.05) is 0 Å². The molecule has 0 saturated carbocycles. The summed E-state index contributed by atoms with van der Waals surface area (Å²) in [6.45, 7) is 5.92. The molecule has 2 amide bonds. The van der Waals surface area contributed by atoms with E-state index < -0.39 is 11.6 Å². The first-order chi connectivity index (χ1) is 6.93. The lowest BCUT2D eigenvalue weighted by molar-refractivity contribution is -0.137. The van der Waals surface area contributed by atoms with Gasteiger partial charge in [0.15, 0.2) is 0 Å². The van der Waals surface area contributed by atoms with Gasteiger partial charge in [0.2, 0.25) is 5.91 Å². The van der Waals surface area contributed by atoms with Crippen LogP contribution in [0.3, 0.4) is 0 Å². The third-order valence-corrected chi connectivity index (χ3v) is 2.36. The van der Waals surface area contributed by atoms with Gasteiger partial charge < -0.3 is 20.6 Å². The zero-order chi connectivity index (χ0) is 11.5. The highest BCUT2D eigenvalue weighted by molar-refractivity contribution is 5.88. The maximum Gasteiger partial charge on any atom is 0.405 e. The van der Waals surface area contributed by atoms with Crippen LogP contribution in [0.4, 0.5) is 4.79 Å². The predicted molar refractivity (Wildman–Crippen MR) is 54.7 cm³/mol. The summed E-state index contributed by atoms with van der Waals surface area (Å²) < 4.78 is 0. The second kappa shape index (κ2) is 4.48. The summed E-state index contributed by atoms with van der Waals surface area (Å²) in [7, 11) is 0. The average molecular weight is 215 g/mol. The van der Waals surface area contributed by atoms with Crippen LogP contribution in [0.2, 0.25) is 0 Å². The van der Waals surface area contributed by atoms with Crippen molar-refractivity contribution >= 4 is 12.0 Å². The Bertz CT molecular complexity index is 259. The molecule has 0 aromatic carbocycles. The topological polar surface area (TPSA) is 81.7 Å². The Balaban J connectivity index is 2.60. The number of carbonyl (C=O) groups excluding carboxylic acids is 1. The summed E-state index contributed by atoms with van der Waals surface area (Å²) in [6.07, 6.45) is -1.18. The minimum atomic E-state index is -1.18. The van der Waals surface area contributed by atoms with E-state index in [4.69, 9.17) is 5.11 Å². The van der Waals surface area contributed by atoms with E-state index in [0.29, 0.717) is 13.1 Å². The third-order valence-electron chi connectivity index (χ3n) is 2.36. The Labute approximate surface area is 88.6 Å². The molecule has 0 aromatic heterocycles. The second-order valence-electron chi connectivity index (χ2n) is 4.10. The summed E-state index contributed by atoms with van der Waals surface area (Å²) in [6, 6.07) is 0. The highest BCUT2D eigenvalue weighted by Gasteiger charge is 2.33. The molecule has 1 heterocycles. The molecule has 6 heteroatoms. The molecular formula is C9H17N3O3. The maximum absolute atomic E-state index is 11.9. The molecule has 1 fully saturated rings. The monoisotopic (exact) mass is 215 g/mol. The fourth-order valence-corrected chi connectivity index (χ4v) is 1.58. The first kappa shape index (κ1) is 11.8. The Morgan fingerprint density at radius 3 is 2.33 bits per heavy atom. The van der Waals surface area contributed by atoms with Crippen molar-refractivity contribution in [2.75, 3.05) is 26.2 Å². The zero-order valence-corrected chi connectivity index (χ0v) is 9.04. The van der Waals surface area contributed by atoms with E-state index in [1.165, 1.54) is 0 Å². The molecule has 0 atom stereocenters. The van der Waals surface area contributed by atoms with E-state index >= 15 is 0 Å². The normalized spacial score (nSPS) is 17.3. The van der Waals surface area contributed by atoms with Crippen molar-refractivity contribution < 1.29 is 14.7 Å². The van der Waals surface area contributed by atoms with Crippen molar-refractivity contribution in [3.63, 3.8) is 0 Å². The second-order valence-corrected chi connectivity index (χ2v) is 4.10. The summed E-state index contributed by atoms with van der Waals surface area (Å²) in [5.74, 6) is -0.175. The number of carboxylic acid groups (broad SMARTS) is 1. The van der Waals surface area contributed by atoms with Crippen LogP contribution >= 0.6 is 0 Å². The molecule has 0 bridgehead atoms. The van der Waals surface area contributed by atoms with Gasteiger partial charge >= 0.3 is 6.09 Å². The smallest absolute Gasteiger partial charge is 0.405 e. The van der Waals surface area contributed by atoms with Crippen LogP contribution in [0.25, 0.3) is 0 Å². The fourth-order valence-electron chi connectivity index (χ4n) is 1.58. The highest BCUT2D eigenvalue weighted by atomic mass is 16.4. The number of nitrogens with one attached hydrogen (secondary N) is 2. The Kier molecular flexibility index (Phi) is 3.52. The molecule has 1 aliphatic rings.